The number of carbonyl (C=O) groups excluding carboxylic acids is 2. The predicted octanol–water partition coefficient (Wildman–Crippen LogP) is 2.94. The molecule has 0 N–H and O–H groups in total. The highest BCUT2D eigenvalue weighted by molar-refractivity contribution is 5.99. The van der Waals surface area contributed by atoms with Crippen molar-refractivity contribution in [1.82, 2.24) is 0 Å². The van der Waals surface area contributed by atoms with Crippen molar-refractivity contribution in [2.75, 3.05) is 13.2 Å². The van der Waals surface area contributed by atoms with Gasteiger partial charge in [0.1, 0.15) is 19.3 Å². The Balaban J connectivity index is 1.56. The number of benzene rings is 2. The van der Waals surface area contributed by atoms with Crippen LogP contribution in [0.3, 0.4) is 0 Å². The van der Waals surface area contributed by atoms with Crippen molar-refractivity contribution in [2.45, 2.75) is 12.5 Å². The number of rotatable bonds is 3. The lowest BCUT2D eigenvalue weighted by atomic mass is 9.98. The highest BCUT2D eigenvalue weighted by Gasteiger charge is 2.32. The maximum Gasteiger partial charge on any atom is 0.339 e. The minimum atomic E-state index is -0.528. The average Bonchev–Trinajstić information content (AvgIpc) is 2.91. The molecule has 2 aromatic rings. The third kappa shape index (κ3) is 2.44. The van der Waals surface area contributed by atoms with E-state index < -0.39 is 6.10 Å². The Hall–Kier alpha value is -2.82. The summed E-state index contributed by atoms with van der Waals surface area (Å²) in [6.45, 7) is 0.980. The lowest BCUT2D eigenvalue weighted by Gasteiger charge is -2.19. The van der Waals surface area contributed by atoms with Gasteiger partial charge in [-0.1, -0.05) is 18.2 Å². The third-order valence-corrected chi connectivity index (χ3v) is 4.01. The summed E-state index contributed by atoms with van der Waals surface area (Å²) >= 11 is 0. The van der Waals surface area contributed by atoms with Gasteiger partial charge in [-0.2, -0.15) is 0 Å². The molecule has 0 bridgehead atoms. The fourth-order valence-electron chi connectivity index (χ4n) is 2.87. The van der Waals surface area contributed by atoms with E-state index in [1.807, 2.05) is 12.1 Å². The second kappa shape index (κ2) is 5.43. The van der Waals surface area contributed by atoms with Crippen LogP contribution in [0.4, 0.5) is 0 Å². The number of carbonyl (C=O) groups is 2. The van der Waals surface area contributed by atoms with Crippen molar-refractivity contribution < 1.29 is 23.8 Å². The number of hydrogen-bond acceptors (Lipinski definition) is 5. The van der Waals surface area contributed by atoms with Gasteiger partial charge in [0.15, 0.2) is 17.3 Å². The molecule has 0 radical (unpaired) electrons. The van der Waals surface area contributed by atoms with Crippen molar-refractivity contribution in [3.05, 3.63) is 59.2 Å². The van der Waals surface area contributed by atoms with Crippen molar-refractivity contribution in [3.63, 3.8) is 0 Å². The van der Waals surface area contributed by atoms with Gasteiger partial charge in [0.05, 0.1) is 12.0 Å². The average molecular weight is 310 g/mol. The third-order valence-electron chi connectivity index (χ3n) is 4.01. The van der Waals surface area contributed by atoms with E-state index in [1.54, 1.807) is 30.3 Å². The quantitative estimate of drug-likeness (QED) is 0.644. The highest BCUT2D eigenvalue weighted by atomic mass is 16.6. The molecule has 0 saturated heterocycles. The Kier molecular flexibility index (Phi) is 3.26. The SMILES string of the molecule is O=C(C[C@@H]1OC(=O)c2ccccc21)c1ccc2c(c1)OCCO2. The van der Waals surface area contributed by atoms with Gasteiger partial charge >= 0.3 is 5.97 Å². The van der Waals surface area contributed by atoms with Gasteiger partial charge in [0.25, 0.3) is 0 Å². The number of cyclic esters (lactones) is 1. The van der Waals surface area contributed by atoms with E-state index in [2.05, 4.69) is 0 Å². The molecule has 2 heterocycles. The molecule has 2 aliphatic heterocycles. The molecule has 0 amide bonds. The first kappa shape index (κ1) is 13.8. The van der Waals surface area contributed by atoms with E-state index >= 15 is 0 Å². The van der Waals surface area contributed by atoms with Crippen LogP contribution in [0.1, 0.15) is 38.8 Å². The Bertz CT molecular complexity index is 796. The van der Waals surface area contributed by atoms with Gasteiger partial charge < -0.3 is 14.2 Å². The first-order chi connectivity index (χ1) is 11.2. The van der Waals surface area contributed by atoms with Gasteiger partial charge in [0.2, 0.25) is 0 Å². The largest absolute Gasteiger partial charge is 0.486 e. The standard InChI is InChI=1S/C18H14O5/c19-14(11-5-6-15-17(9-11)22-8-7-21-15)10-16-12-3-1-2-4-13(12)18(20)23-16/h1-6,9,16H,7-8,10H2/t16-/m0/s1. The minimum Gasteiger partial charge on any atom is -0.486 e. The molecule has 1 atom stereocenters. The van der Waals surface area contributed by atoms with Crippen molar-refractivity contribution in [3.8, 4) is 11.5 Å². The smallest absolute Gasteiger partial charge is 0.339 e. The Labute approximate surface area is 132 Å². The van der Waals surface area contributed by atoms with Crippen LogP contribution in [0.2, 0.25) is 0 Å². The van der Waals surface area contributed by atoms with E-state index in [1.165, 1.54) is 0 Å². The van der Waals surface area contributed by atoms with Crippen LogP contribution in [0.25, 0.3) is 0 Å². The lowest BCUT2D eigenvalue weighted by molar-refractivity contribution is 0.0367. The van der Waals surface area contributed by atoms with Crippen LogP contribution >= 0.6 is 0 Å². The van der Waals surface area contributed by atoms with Crippen molar-refractivity contribution in [1.29, 1.82) is 0 Å². The first-order valence-corrected chi connectivity index (χ1v) is 7.45. The number of esters is 1. The molecule has 5 nitrogen and oxygen atoms in total. The number of ether oxygens (including phenoxy) is 3. The van der Waals surface area contributed by atoms with Crippen molar-refractivity contribution >= 4 is 11.8 Å². The second-order valence-corrected chi connectivity index (χ2v) is 5.47. The van der Waals surface area contributed by atoms with Crippen LogP contribution in [-0.4, -0.2) is 25.0 Å². The summed E-state index contributed by atoms with van der Waals surface area (Å²) in [6.07, 6.45) is -0.415. The van der Waals surface area contributed by atoms with Gasteiger partial charge in [-0.3, -0.25) is 4.79 Å². The lowest BCUT2D eigenvalue weighted by Crippen LogP contribution is -2.16. The highest BCUT2D eigenvalue weighted by Crippen LogP contribution is 2.35. The molecular weight excluding hydrogens is 296 g/mol. The monoisotopic (exact) mass is 310 g/mol. The molecule has 5 heteroatoms. The number of fused-ring (bicyclic) bond motifs is 2. The topological polar surface area (TPSA) is 61.8 Å². The summed E-state index contributed by atoms with van der Waals surface area (Å²) in [6, 6.07) is 12.3. The Morgan fingerprint density at radius 1 is 1.04 bits per heavy atom. The number of hydrogen-bond donors (Lipinski definition) is 0. The summed E-state index contributed by atoms with van der Waals surface area (Å²) in [7, 11) is 0. The normalized spacial score (nSPS) is 18.3. The summed E-state index contributed by atoms with van der Waals surface area (Å²) < 4.78 is 16.3. The summed E-state index contributed by atoms with van der Waals surface area (Å²) in [5, 5.41) is 0. The molecule has 0 aromatic heterocycles. The van der Waals surface area contributed by atoms with Crippen LogP contribution in [0.5, 0.6) is 11.5 Å². The zero-order valence-corrected chi connectivity index (χ0v) is 12.3. The van der Waals surface area contributed by atoms with E-state index in [0.717, 1.165) is 5.56 Å². The molecule has 0 saturated carbocycles. The van der Waals surface area contributed by atoms with Crippen LogP contribution in [-0.2, 0) is 4.74 Å². The number of ketones is 1. The molecular formula is C18H14O5. The molecule has 4 rings (SSSR count). The number of Topliss-reactive ketones (excluding diaryl/α,β-unsaturated/α-hetero) is 1. The van der Waals surface area contributed by atoms with Gasteiger partial charge in [-0.15, -0.1) is 0 Å². The molecule has 2 aliphatic rings. The maximum absolute atomic E-state index is 12.5. The second-order valence-electron chi connectivity index (χ2n) is 5.47. The van der Waals surface area contributed by atoms with E-state index in [9.17, 15) is 9.59 Å². The Morgan fingerprint density at radius 2 is 1.83 bits per heavy atom. The maximum atomic E-state index is 12.5. The van der Waals surface area contributed by atoms with E-state index in [-0.39, 0.29) is 18.2 Å². The summed E-state index contributed by atoms with van der Waals surface area (Å²) in [5.74, 6) is 0.744. The first-order valence-electron chi connectivity index (χ1n) is 7.45. The molecule has 2 aromatic carbocycles. The Morgan fingerprint density at radius 3 is 2.70 bits per heavy atom. The molecule has 0 spiro atoms. The molecule has 0 aliphatic carbocycles. The molecule has 23 heavy (non-hydrogen) atoms. The van der Waals surface area contributed by atoms with Crippen LogP contribution < -0.4 is 9.47 Å². The molecule has 0 fully saturated rings. The van der Waals surface area contributed by atoms with Crippen molar-refractivity contribution in [2.24, 2.45) is 0 Å². The van der Waals surface area contributed by atoms with Crippen LogP contribution in [0, 0.1) is 0 Å². The predicted molar refractivity (Wildman–Crippen MR) is 81.0 cm³/mol. The van der Waals surface area contributed by atoms with E-state index in [0.29, 0.717) is 35.8 Å². The summed E-state index contributed by atoms with van der Waals surface area (Å²) in [4.78, 5) is 24.3. The van der Waals surface area contributed by atoms with Crippen LogP contribution in [0.15, 0.2) is 42.5 Å². The fourth-order valence-corrected chi connectivity index (χ4v) is 2.87. The minimum absolute atomic E-state index is 0.100. The summed E-state index contributed by atoms with van der Waals surface area (Å²) in [5.41, 5.74) is 1.82. The molecule has 0 unspecified atom stereocenters. The fraction of sp³-hybridized carbons (Fsp3) is 0.222. The van der Waals surface area contributed by atoms with E-state index in [4.69, 9.17) is 14.2 Å². The zero-order valence-electron chi connectivity index (χ0n) is 12.3. The van der Waals surface area contributed by atoms with Gasteiger partial charge in [-0.25, -0.2) is 4.79 Å². The molecule has 116 valence electrons. The van der Waals surface area contributed by atoms with Gasteiger partial charge in [-0.05, 0) is 24.3 Å². The zero-order chi connectivity index (χ0) is 15.8. The van der Waals surface area contributed by atoms with Gasteiger partial charge in [0, 0.05) is 11.1 Å².